The second-order valence-corrected chi connectivity index (χ2v) is 8.81. The number of nitrogens with one attached hydrogen (secondary N) is 1. The van der Waals surface area contributed by atoms with Crippen molar-refractivity contribution in [1.82, 2.24) is 10.3 Å². The van der Waals surface area contributed by atoms with Gasteiger partial charge in [0.15, 0.2) is 0 Å². The Bertz CT molecular complexity index is 1120. The largest absolute Gasteiger partial charge is 0.370 e. The number of hydrogen-bond donors (Lipinski definition) is 3. The Labute approximate surface area is 204 Å². The lowest BCUT2D eigenvalue weighted by Gasteiger charge is -2.16. The van der Waals surface area contributed by atoms with Crippen LogP contribution in [-0.4, -0.2) is 29.4 Å². The molecule has 3 rings (SSSR count). The summed E-state index contributed by atoms with van der Waals surface area (Å²) in [4.78, 5) is 27.6. The van der Waals surface area contributed by atoms with Gasteiger partial charge in [0.25, 0.3) is 0 Å². The molecule has 1 unspecified atom stereocenters. The van der Waals surface area contributed by atoms with Crippen LogP contribution in [0.25, 0.3) is 10.4 Å². The maximum atomic E-state index is 12.4. The summed E-state index contributed by atoms with van der Waals surface area (Å²) in [5, 5.41) is 13.0. The second-order valence-electron chi connectivity index (χ2n) is 7.72. The van der Waals surface area contributed by atoms with E-state index in [4.69, 9.17) is 11.0 Å². The summed E-state index contributed by atoms with van der Waals surface area (Å²) in [6, 6.07) is 19.6. The highest BCUT2D eigenvalue weighted by Gasteiger charge is 2.14. The number of nitrogens with two attached hydrogens (primary N) is 2. The van der Waals surface area contributed by atoms with E-state index in [9.17, 15) is 9.59 Å². The minimum Gasteiger partial charge on any atom is -0.370 e. The van der Waals surface area contributed by atoms with E-state index in [2.05, 4.69) is 22.1 Å². The minimum absolute atomic E-state index is 0.0164. The van der Waals surface area contributed by atoms with E-state index < -0.39 is 0 Å². The number of rotatable bonds is 9. The van der Waals surface area contributed by atoms with E-state index in [1.165, 1.54) is 0 Å². The monoisotopic (exact) mass is 477 g/mol. The number of aromatic nitrogens is 1. The highest BCUT2D eigenvalue weighted by molar-refractivity contribution is 7.15. The van der Waals surface area contributed by atoms with Crippen molar-refractivity contribution in [3.05, 3.63) is 76.4 Å². The summed E-state index contributed by atoms with van der Waals surface area (Å²) in [5.74, 6) is -0.262. The summed E-state index contributed by atoms with van der Waals surface area (Å²) >= 11 is 1.58. The molecule has 0 aliphatic heterocycles. The molecule has 5 N–H and O–H groups in total. The molecule has 0 aliphatic rings. The van der Waals surface area contributed by atoms with Crippen LogP contribution < -0.4 is 16.8 Å². The Balaban J connectivity index is 0.000000739. The Kier molecular flexibility index (Phi) is 10.9. The van der Waals surface area contributed by atoms with Gasteiger partial charge in [0, 0.05) is 31.8 Å². The third-order valence-electron chi connectivity index (χ3n) is 4.98. The molecule has 0 saturated heterocycles. The zero-order valence-corrected chi connectivity index (χ0v) is 20.4. The summed E-state index contributed by atoms with van der Waals surface area (Å²) in [6.07, 6.45) is 2.12. The third-order valence-corrected chi connectivity index (χ3v) is 6.25. The smallest absolute Gasteiger partial charge is 0.220 e. The van der Waals surface area contributed by atoms with Crippen molar-refractivity contribution in [3.63, 3.8) is 0 Å². The zero-order valence-electron chi connectivity index (χ0n) is 19.6. The Hall–Kier alpha value is -3.54. The van der Waals surface area contributed by atoms with Gasteiger partial charge in [-0.1, -0.05) is 49.4 Å². The molecule has 3 aromatic rings. The number of amides is 2. The van der Waals surface area contributed by atoms with Crippen molar-refractivity contribution in [2.75, 3.05) is 6.54 Å². The number of nitriles is 1. The highest BCUT2D eigenvalue weighted by Crippen LogP contribution is 2.31. The Morgan fingerprint density at radius 1 is 1.18 bits per heavy atom. The second kappa shape index (κ2) is 13.9. The maximum Gasteiger partial charge on any atom is 0.220 e. The van der Waals surface area contributed by atoms with E-state index in [-0.39, 0.29) is 17.9 Å². The van der Waals surface area contributed by atoms with Crippen molar-refractivity contribution in [2.24, 2.45) is 11.5 Å². The predicted molar refractivity (Wildman–Crippen MR) is 136 cm³/mol. The number of hydrogen-bond acceptors (Lipinski definition) is 6. The molecule has 2 amide bonds. The first kappa shape index (κ1) is 26.7. The molecular formula is C26H31N5O2S. The van der Waals surface area contributed by atoms with Gasteiger partial charge >= 0.3 is 0 Å². The fraction of sp³-hybridized carbons (Fsp3) is 0.308. The topological polar surface area (TPSA) is 135 Å². The van der Waals surface area contributed by atoms with Crippen molar-refractivity contribution >= 4 is 23.2 Å². The molecule has 0 radical (unpaired) electrons. The van der Waals surface area contributed by atoms with Gasteiger partial charge in [-0.05, 0) is 36.6 Å². The van der Waals surface area contributed by atoms with Crippen LogP contribution in [0.1, 0.15) is 41.6 Å². The summed E-state index contributed by atoms with van der Waals surface area (Å²) in [7, 11) is 0. The van der Waals surface area contributed by atoms with Gasteiger partial charge in [-0.25, -0.2) is 4.98 Å². The first-order valence-electron chi connectivity index (χ1n) is 11.1. The van der Waals surface area contributed by atoms with E-state index in [1.807, 2.05) is 55.5 Å². The maximum absolute atomic E-state index is 12.4. The predicted octanol–water partition coefficient (Wildman–Crippen LogP) is 3.49. The summed E-state index contributed by atoms with van der Waals surface area (Å²) in [6.45, 7) is 4.08. The van der Waals surface area contributed by atoms with Crippen LogP contribution in [0.15, 0.2) is 54.6 Å². The highest BCUT2D eigenvalue weighted by atomic mass is 32.1. The van der Waals surface area contributed by atoms with Crippen molar-refractivity contribution in [2.45, 2.75) is 45.6 Å². The lowest BCUT2D eigenvalue weighted by Crippen LogP contribution is -2.41. The van der Waals surface area contributed by atoms with Crippen LogP contribution >= 0.6 is 11.3 Å². The lowest BCUT2D eigenvalue weighted by molar-refractivity contribution is -0.121. The van der Waals surface area contributed by atoms with E-state index >= 15 is 0 Å². The number of primary amides is 1. The molecule has 0 bridgehead atoms. The zero-order chi connectivity index (χ0) is 24.9. The molecule has 1 atom stereocenters. The van der Waals surface area contributed by atoms with Crippen LogP contribution in [0, 0.1) is 18.3 Å². The van der Waals surface area contributed by atoms with Crippen molar-refractivity contribution in [1.29, 1.82) is 5.26 Å². The SMILES string of the molecule is CCC(N)=O.Cc1nc(CCC(=O)NC(CN)Cc2ccccc2)sc1-c1cccc(C#N)c1. The Morgan fingerprint density at radius 2 is 1.88 bits per heavy atom. The van der Waals surface area contributed by atoms with E-state index in [0.29, 0.717) is 31.4 Å². The molecule has 2 aromatic carbocycles. The number of benzene rings is 2. The molecule has 1 heterocycles. The fourth-order valence-corrected chi connectivity index (χ4v) is 4.23. The first-order chi connectivity index (χ1) is 16.4. The van der Waals surface area contributed by atoms with Crippen LogP contribution in [-0.2, 0) is 22.4 Å². The van der Waals surface area contributed by atoms with Gasteiger partial charge in [-0.2, -0.15) is 5.26 Å². The van der Waals surface area contributed by atoms with Gasteiger partial charge < -0.3 is 16.8 Å². The number of nitrogens with zero attached hydrogens (tertiary/aromatic N) is 2. The van der Waals surface area contributed by atoms with Crippen molar-refractivity contribution in [3.8, 4) is 16.5 Å². The van der Waals surface area contributed by atoms with Crippen LogP contribution in [0.5, 0.6) is 0 Å². The van der Waals surface area contributed by atoms with Gasteiger partial charge in [0.1, 0.15) is 0 Å². The normalized spacial score (nSPS) is 11.0. The number of carbonyl (C=O) groups is 2. The summed E-state index contributed by atoms with van der Waals surface area (Å²) < 4.78 is 0. The number of aryl methyl sites for hydroxylation is 2. The molecule has 0 aliphatic carbocycles. The van der Waals surface area contributed by atoms with E-state index in [0.717, 1.165) is 33.1 Å². The first-order valence-corrected chi connectivity index (χ1v) is 12.0. The fourth-order valence-electron chi connectivity index (χ4n) is 3.17. The van der Waals surface area contributed by atoms with Gasteiger partial charge in [-0.3, -0.25) is 9.59 Å². The molecule has 178 valence electrons. The van der Waals surface area contributed by atoms with Crippen LogP contribution in [0.2, 0.25) is 0 Å². The Morgan fingerprint density at radius 3 is 2.50 bits per heavy atom. The molecule has 34 heavy (non-hydrogen) atoms. The average molecular weight is 478 g/mol. The quantitative estimate of drug-likeness (QED) is 0.433. The number of carbonyl (C=O) groups excluding carboxylic acids is 2. The molecule has 8 heteroatoms. The minimum atomic E-state index is -0.245. The van der Waals surface area contributed by atoms with E-state index in [1.54, 1.807) is 24.3 Å². The van der Waals surface area contributed by atoms with Gasteiger partial charge in [0.2, 0.25) is 11.8 Å². The number of thiazole rings is 1. The van der Waals surface area contributed by atoms with Gasteiger partial charge in [0.05, 0.1) is 27.2 Å². The van der Waals surface area contributed by atoms with Gasteiger partial charge in [-0.15, -0.1) is 11.3 Å². The van der Waals surface area contributed by atoms with Crippen LogP contribution in [0.3, 0.4) is 0 Å². The molecule has 1 aromatic heterocycles. The molecule has 0 spiro atoms. The van der Waals surface area contributed by atoms with Crippen molar-refractivity contribution < 1.29 is 9.59 Å². The molecule has 0 saturated carbocycles. The third kappa shape index (κ3) is 8.77. The standard InChI is InChI=1S/C23H24N4OS.C3H7NO/c1-16-23(19-9-5-8-18(12-19)14-24)29-22(26-16)11-10-21(28)27-20(15-25)13-17-6-3-2-4-7-17;1-2-3(4)5/h2-9,12,20H,10-11,13,15,25H2,1H3,(H,27,28);2H2,1H3,(H2,4,5). The molecular weight excluding hydrogens is 446 g/mol. The average Bonchev–Trinajstić information content (AvgIpc) is 3.23. The molecule has 7 nitrogen and oxygen atoms in total. The van der Waals surface area contributed by atoms with Crippen LogP contribution in [0.4, 0.5) is 0 Å². The lowest BCUT2D eigenvalue weighted by atomic mass is 10.1. The summed E-state index contributed by atoms with van der Waals surface area (Å²) in [5.41, 5.74) is 14.2. The molecule has 0 fully saturated rings.